The summed E-state index contributed by atoms with van der Waals surface area (Å²) in [7, 11) is 1.50. The first-order valence-corrected chi connectivity index (χ1v) is 12.7. The molecule has 0 saturated carbocycles. The molecule has 4 aromatic rings. The van der Waals surface area contributed by atoms with Crippen molar-refractivity contribution in [1.29, 1.82) is 5.26 Å². The third-order valence-electron chi connectivity index (χ3n) is 7.25. The molecule has 0 aliphatic carbocycles. The molecule has 40 heavy (non-hydrogen) atoms. The average Bonchev–Trinajstić information content (AvgIpc) is 3.35. The lowest BCUT2D eigenvalue weighted by Crippen LogP contribution is -2.53. The van der Waals surface area contributed by atoms with Crippen molar-refractivity contribution in [3.63, 3.8) is 0 Å². The van der Waals surface area contributed by atoms with Crippen LogP contribution in [0.25, 0.3) is 16.9 Å². The van der Waals surface area contributed by atoms with Crippen molar-refractivity contribution in [2.24, 2.45) is 0 Å². The number of alkyl halides is 3. The van der Waals surface area contributed by atoms with E-state index < -0.39 is 17.8 Å². The van der Waals surface area contributed by atoms with Crippen LogP contribution in [0.1, 0.15) is 39.7 Å². The number of nitriles is 1. The molecule has 0 bridgehead atoms. The highest BCUT2D eigenvalue weighted by molar-refractivity contribution is 6.00. The zero-order valence-electron chi connectivity index (χ0n) is 22.2. The summed E-state index contributed by atoms with van der Waals surface area (Å²) < 4.78 is 48.7. The van der Waals surface area contributed by atoms with Crippen molar-refractivity contribution >= 4 is 11.6 Å². The maximum Gasteiger partial charge on any atom is 0.433 e. The molecule has 5 rings (SSSR count). The highest BCUT2D eigenvalue weighted by atomic mass is 19.4. The average molecular weight is 549 g/mol. The molecule has 11 heteroatoms. The number of halogens is 3. The Balaban J connectivity index is 1.47. The smallest absolute Gasteiger partial charge is 0.433 e. The number of hydrogen-bond acceptors (Lipinski definition) is 6. The van der Waals surface area contributed by atoms with Crippen LogP contribution in [0.15, 0.2) is 54.7 Å². The minimum atomic E-state index is -4.72. The Labute approximate surface area is 229 Å². The molecule has 1 aliphatic rings. The minimum Gasteiger partial charge on any atom is -0.497 e. The van der Waals surface area contributed by atoms with Crippen molar-refractivity contribution in [1.82, 2.24) is 24.4 Å². The SMILES string of the molecule is COc1ccc(-c2nc3c(C(=O)N4CCN(Cc5ccccc5C#N)C[C@H]4C)cnn3c(C(F)(F)F)c2C)cc1. The number of hydrogen-bond donors (Lipinski definition) is 0. The molecule has 206 valence electrons. The van der Waals surface area contributed by atoms with Gasteiger partial charge in [-0.05, 0) is 49.7 Å². The number of methoxy groups -OCH3 is 1. The van der Waals surface area contributed by atoms with Gasteiger partial charge in [-0.3, -0.25) is 9.69 Å². The predicted octanol–water partition coefficient (Wildman–Crippen LogP) is 4.95. The summed E-state index contributed by atoms with van der Waals surface area (Å²) in [6.45, 7) is 5.27. The Kier molecular flexibility index (Phi) is 7.21. The molecule has 0 radical (unpaired) electrons. The number of amides is 1. The molecule has 1 fully saturated rings. The molecule has 0 N–H and O–H groups in total. The maximum atomic E-state index is 14.3. The van der Waals surface area contributed by atoms with E-state index >= 15 is 0 Å². The summed E-state index contributed by atoms with van der Waals surface area (Å²) in [4.78, 5) is 22.0. The fourth-order valence-corrected chi connectivity index (χ4v) is 5.23. The van der Waals surface area contributed by atoms with Gasteiger partial charge in [0.15, 0.2) is 11.3 Å². The van der Waals surface area contributed by atoms with Crippen LogP contribution in [0.5, 0.6) is 5.75 Å². The Morgan fingerprint density at radius 2 is 1.88 bits per heavy atom. The molecule has 2 aromatic heterocycles. The normalized spacial score (nSPS) is 16.2. The standard InChI is InChI=1S/C29H27F3N6O2/c1-18-16-36(17-22-7-5-4-6-21(22)14-33)12-13-37(18)28(39)24-15-34-38-26(29(30,31)32)19(2)25(35-27(24)38)20-8-10-23(40-3)11-9-20/h4-11,15,18H,12-13,16-17H2,1-3H3/t18-/m1/s1. The zero-order valence-corrected chi connectivity index (χ0v) is 22.2. The van der Waals surface area contributed by atoms with E-state index in [4.69, 9.17) is 4.74 Å². The van der Waals surface area contributed by atoms with E-state index in [9.17, 15) is 23.2 Å². The van der Waals surface area contributed by atoms with Crippen molar-refractivity contribution in [2.75, 3.05) is 26.7 Å². The van der Waals surface area contributed by atoms with Crippen molar-refractivity contribution in [3.05, 3.63) is 82.7 Å². The summed E-state index contributed by atoms with van der Waals surface area (Å²) in [5.41, 5.74) is 0.890. The second kappa shape index (κ2) is 10.6. The van der Waals surface area contributed by atoms with Crippen molar-refractivity contribution in [3.8, 4) is 23.1 Å². The second-order valence-corrected chi connectivity index (χ2v) is 9.81. The number of carbonyl (C=O) groups is 1. The molecular weight excluding hydrogens is 521 g/mol. The predicted molar refractivity (Wildman–Crippen MR) is 142 cm³/mol. The van der Waals surface area contributed by atoms with E-state index in [1.54, 1.807) is 35.2 Å². The quantitative estimate of drug-likeness (QED) is 0.351. The molecule has 0 spiro atoms. The van der Waals surface area contributed by atoms with Crippen molar-refractivity contribution < 1.29 is 22.7 Å². The van der Waals surface area contributed by atoms with E-state index in [0.717, 1.165) is 10.1 Å². The first kappa shape index (κ1) is 27.1. The van der Waals surface area contributed by atoms with Crippen LogP contribution >= 0.6 is 0 Å². The molecule has 3 heterocycles. The largest absolute Gasteiger partial charge is 0.497 e. The number of benzene rings is 2. The third kappa shape index (κ3) is 4.98. The second-order valence-electron chi connectivity index (χ2n) is 9.81. The van der Waals surface area contributed by atoms with Crippen LogP contribution in [0, 0.1) is 18.3 Å². The Hall–Kier alpha value is -4.43. The van der Waals surface area contributed by atoms with Gasteiger partial charge in [-0.25, -0.2) is 9.50 Å². The highest BCUT2D eigenvalue weighted by Crippen LogP contribution is 2.37. The summed E-state index contributed by atoms with van der Waals surface area (Å²) in [5, 5.41) is 13.4. The molecule has 1 amide bonds. The van der Waals surface area contributed by atoms with Gasteiger partial charge in [-0.1, -0.05) is 18.2 Å². The van der Waals surface area contributed by atoms with Crippen LogP contribution < -0.4 is 4.74 Å². The molecule has 1 atom stereocenters. The third-order valence-corrected chi connectivity index (χ3v) is 7.25. The minimum absolute atomic E-state index is 0.00962. The van der Waals surface area contributed by atoms with Gasteiger partial charge < -0.3 is 9.64 Å². The molecular formula is C29H27F3N6O2. The lowest BCUT2D eigenvalue weighted by molar-refractivity contribution is -0.143. The molecule has 8 nitrogen and oxygen atoms in total. The number of fused-ring (bicyclic) bond motifs is 1. The van der Waals surface area contributed by atoms with Gasteiger partial charge in [-0.2, -0.15) is 23.5 Å². The van der Waals surface area contributed by atoms with Gasteiger partial charge in [0.2, 0.25) is 0 Å². The highest BCUT2D eigenvalue weighted by Gasteiger charge is 2.39. The first-order chi connectivity index (χ1) is 19.1. The van der Waals surface area contributed by atoms with E-state index in [0.29, 0.717) is 43.1 Å². The Morgan fingerprint density at radius 3 is 2.52 bits per heavy atom. The van der Waals surface area contributed by atoms with Crippen LogP contribution in [0.4, 0.5) is 13.2 Å². The van der Waals surface area contributed by atoms with Gasteiger partial charge in [-0.15, -0.1) is 0 Å². The number of carbonyl (C=O) groups excluding carboxylic acids is 1. The molecule has 1 saturated heterocycles. The van der Waals surface area contributed by atoms with Gasteiger partial charge in [0.25, 0.3) is 5.91 Å². The maximum absolute atomic E-state index is 14.3. The zero-order chi connectivity index (χ0) is 28.6. The molecule has 0 unspecified atom stereocenters. The topological polar surface area (TPSA) is 86.8 Å². The van der Waals surface area contributed by atoms with E-state index in [1.807, 2.05) is 25.1 Å². The fraction of sp³-hybridized carbons (Fsp3) is 0.310. The molecule has 2 aromatic carbocycles. The lowest BCUT2D eigenvalue weighted by atomic mass is 10.0. The first-order valence-electron chi connectivity index (χ1n) is 12.7. The van der Waals surface area contributed by atoms with Gasteiger partial charge >= 0.3 is 6.18 Å². The van der Waals surface area contributed by atoms with Gasteiger partial charge in [0.1, 0.15) is 11.3 Å². The van der Waals surface area contributed by atoms with E-state index in [2.05, 4.69) is 21.1 Å². The van der Waals surface area contributed by atoms with E-state index in [-0.39, 0.29) is 28.5 Å². The van der Waals surface area contributed by atoms with E-state index in [1.165, 1.54) is 20.2 Å². The van der Waals surface area contributed by atoms with Crippen LogP contribution in [-0.4, -0.2) is 63.1 Å². The number of aromatic nitrogens is 3. The summed E-state index contributed by atoms with van der Waals surface area (Å²) in [5.74, 6) is 0.132. The summed E-state index contributed by atoms with van der Waals surface area (Å²) >= 11 is 0. The van der Waals surface area contributed by atoms with Gasteiger partial charge in [0.05, 0.1) is 30.6 Å². The summed E-state index contributed by atoms with van der Waals surface area (Å²) in [6, 6.07) is 15.9. The lowest BCUT2D eigenvalue weighted by Gasteiger charge is -2.39. The Morgan fingerprint density at radius 1 is 1.15 bits per heavy atom. The Bertz CT molecular complexity index is 1610. The van der Waals surface area contributed by atoms with Crippen LogP contribution in [0.3, 0.4) is 0 Å². The fourth-order valence-electron chi connectivity index (χ4n) is 5.23. The van der Waals surface area contributed by atoms with Crippen molar-refractivity contribution in [2.45, 2.75) is 32.6 Å². The monoisotopic (exact) mass is 548 g/mol. The number of nitrogens with zero attached hydrogens (tertiary/aromatic N) is 6. The van der Waals surface area contributed by atoms with Crippen LogP contribution in [0.2, 0.25) is 0 Å². The van der Waals surface area contributed by atoms with Gasteiger partial charge in [0, 0.05) is 43.3 Å². The number of piperazine rings is 1. The van der Waals surface area contributed by atoms with Crippen LogP contribution in [-0.2, 0) is 12.7 Å². The summed E-state index contributed by atoms with van der Waals surface area (Å²) in [6.07, 6.45) is -3.56. The number of ether oxygens (including phenoxy) is 1. The molecule has 1 aliphatic heterocycles. The number of rotatable bonds is 5.